The fourth-order valence-corrected chi connectivity index (χ4v) is 4.58. The largest absolute Gasteiger partial charge is 0.477 e. The maximum absolute atomic E-state index is 13.0. The van der Waals surface area contributed by atoms with Gasteiger partial charge in [-0.25, -0.2) is 4.79 Å². The van der Waals surface area contributed by atoms with Crippen LogP contribution in [-0.4, -0.2) is 54.7 Å². The van der Waals surface area contributed by atoms with E-state index in [1.807, 2.05) is 0 Å². The number of aryl methyl sites for hydroxylation is 1. The molecule has 2 aliphatic heterocycles. The van der Waals surface area contributed by atoms with Crippen LogP contribution in [0.1, 0.15) is 23.1 Å². The van der Waals surface area contributed by atoms with Crippen LogP contribution in [0.4, 0.5) is 13.2 Å². The van der Waals surface area contributed by atoms with Crippen molar-refractivity contribution in [3.05, 3.63) is 27.7 Å². The number of fused-ring (bicyclic) bond motifs is 1. The van der Waals surface area contributed by atoms with Gasteiger partial charge in [-0.2, -0.15) is 18.3 Å². The Morgan fingerprint density at radius 2 is 2.04 bits per heavy atom. The summed E-state index contributed by atoms with van der Waals surface area (Å²) in [5.41, 5.74) is -1.59. The molecule has 146 valence electrons. The van der Waals surface area contributed by atoms with E-state index in [9.17, 15) is 32.7 Å². The molecule has 1 fully saturated rings. The molecular formula is C14H12ClF3N4O4S. The van der Waals surface area contributed by atoms with Crippen LogP contribution in [0.5, 0.6) is 0 Å². The van der Waals surface area contributed by atoms with Crippen molar-refractivity contribution in [3.8, 4) is 0 Å². The Hall–Kier alpha value is -2.21. The molecule has 13 heteroatoms. The molecule has 2 N–H and O–H groups in total. The van der Waals surface area contributed by atoms with Crippen molar-refractivity contribution < 1.29 is 32.7 Å². The van der Waals surface area contributed by atoms with Crippen molar-refractivity contribution in [1.82, 2.24) is 20.0 Å². The van der Waals surface area contributed by atoms with E-state index in [1.165, 1.54) is 11.8 Å². The Bertz CT molecular complexity index is 898. The van der Waals surface area contributed by atoms with Crippen molar-refractivity contribution in [2.24, 2.45) is 7.05 Å². The Kier molecular flexibility index (Phi) is 4.67. The summed E-state index contributed by atoms with van der Waals surface area (Å²) in [7, 11) is 0.991. The summed E-state index contributed by atoms with van der Waals surface area (Å²) in [5.74, 6) is -2.64. The second-order valence-electron chi connectivity index (χ2n) is 5.93. The molecule has 1 saturated heterocycles. The van der Waals surface area contributed by atoms with Crippen LogP contribution in [0.25, 0.3) is 0 Å². The molecule has 0 saturated carbocycles. The third-order valence-corrected chi connectivity index (χ3v) is 5.90. The lowest BCUT2D eigenvalue weighted by molar-refractivity contribution is -0.148. The van der Waals surface area contributed by atoms with Crippen molar-refractivity contribution in [2.45, 2.75) is 24.5 Å². The van der Waals surface area contributed by atoms with Gasteiger partial charge in [-0.3, -0.25) is 19.2 Å². The third-order valence-electron chi connectivity index (χ3n) is 4.12. The normalized spacial score (nSPS) is 22.4. The Labute approximate surface area is 159 Å². The summed E-state index contributed by atoms with van der Waals surface area (Å²) >= 11 is 6.90. The summed E-state index contributed by atoms with van der Waals surface area (Å²) in [5, 5.41) is 13.5. The van der Waals surface area contributed by atoms with Gasteiger partial charge in [0, 0.05) is 12.8 Å². The summed E-state index contributed by atoms with van der Waals surface area (Å²) in [6, 6.07) is -1.09. The fraction of sp³-hybridized carbons (Fsp3) is 0.429. The first-order valence-electron chi connectivity index (χ1n) is 7.43. The highest BCUT2D eigenvalue weighted by atomic mass is 35.5. The number of β-lactam (4-membered cyclic amide) rings is 1. The van der Waals surface area contributed by atoms with Crippen LogP contribution in [-0.2, 0) is 22.8 Å². The van der Waals surface area contributed by atoms with Gasteiger partial charge in [-0.1, -0.05) is 11.6 Å². The summed E-state index contributed by atoms with van der Waals surface area (Å²) in [6.07, 6.45) is -4.81. The highest BCUT2D eigenvalue weighted by Crippen LogP contribution is 2.40. The van der Waals surface area contributed by atoms with E-state index in [0.717, 1.165) is 11.9 Å². The first-order chi connectivity index (χ1) is 12.4. The molecule has 1 aromatic rings. The lowest BCUT2D eigenvalue weighted by Gasteiger charge is -2.49. The zero-order chi connectivity index (χ0) is 20.3. The molecule has 27 heavy (non-hydrogen) atoms. The minimum absolute atomic E-state index is 0.149. The SMILES string of the molecule is CC1=C(C(=O)O)N2C(=O)[C@@H](NC(=O)c3nn(C)c(C(F)(F)F)c3Cl)[C@H]2SC1. The molecule has 0 spiro atoms. The zero-order valence-corrected chi connectivity index (χ0v) is 15.4. The average Bonchev–Trinajstić information content (AvgIpc) is 2.86. The number of amides is 2. The van der Waals surface area contributed by atoms with Gasteiger partial charge >= 0.3 is 12.1 Å². The first-order valence-corrected chi connectivity index (χ1v) is 8.86. The van der Waals surface area contributed by atoms with Gasteiger partial charge in [-0.15, -0.1) is 11.8 Å². The van der Waals surface area contributed by atoms with Crippen molar-refractivity contribution >= 4 is 41.1 Å². The first kappa shape index (κ1) is 19.5. The van der Waals surface area contributed by atoms with Crippen LogP contribution < -0.4 is 5.32 Å². The van der Waals surface area contributed by atoms with E-state index < -0.39 is 51.8 Å². The number of carbonyl (C=O) groups is 3. The van der Waals surface area contributed by atoms with Crippen LogP contribution in [0.2, 0.25) is 5.02 Å². The monoisotopic (exact) mass is 424 g/mol. The molecule has 0 bridgehead atoms. The van der Waals surface area contributed by atoms with Crippen LogP contribution >= 0.6 is 23.4 Å². The molecule has 8 nitrogen and oxygen atoms in total. The molecule has 0 aromatic carbocycles. The molecule has 2 atom stereocenters. The van der Waals surface area contributed by atoms with Gasteiger partial charge in [-0.05, 0) is 12.5 Å². The number of nitrogens with zero attached hydrogens (tertiary/aromatic N) is 3. The van der Waals surface area contributed by atoms with Gasteiger partial charge in [0.25, 0.3) is 11.8 Å². The Morgan fingerprint density at radius 1 is 1.41 bits per heavy atom. The van der Waals surface area contributed by atoms with E-state index in [0.29, 0.717) is 16.0 Å². The molecule has 0 radical (unpaired) electrons. The highest BCUT2D eigenvalue weighted by Gasteiger charge is 2.54. The van der Waals surface area contributed by atoms with Crippen LogP contribution in [0.3, 0.4) is 0 Å². The second kappa shape index (κ2) is 6.44. The number of hydrogen-bond acceptors (Lipinski definition) is 5. The predicted molar refractivity (Wildman–Crippen MR) is 87.9 cm³/mol. The van der Waals surface area contributed by atoms with E-state index in [1.54, 1.807) is 6.92 Å². The second-order valence-corrected chi connectivity index (χ2v) is 7.41. The van der Waals surface area contributed by atoms with Crippen LogP contribution in [0.15, 0.2) is 11.3 Å². The number of rotatable bonds is 3. The van der Waals surface area contributed by atoms with E-state index in [-0.39, 0.29) is 5.70 Å². The maximum atomic E-state index is 13.0. The number of carboxylic acid groups (broad SMARTS) is 1. The van der Waals surface area contributed by atoms with Crippen LogP contribution in [0, 0.1) is 0 Å². The van der Waals surface area contributed by atoms with Gasteiger partial charge in [0.1, 0.15) is 22.1 Å². The summed E-state index contributed by atoms with van der Waals surface area (Å²) in [6.45, 7) is 1.58. The number of thioether (sulfide) groups is 1. The van der Waals surface area contributed by atoms with Gasteiger partial charge in [0.2, 0.25) is 0 Å². The lowest BCUT2D eigenvalue weighted by atomic mass is 10.0. The smallest absolute Gasteiger partial charge is 0.434 e. The number of hydrogen-bond donors (Lipinski definition) is 2. The Balaban J connectivity index is 1.82. The predicted octanol–water partition coefficient (Wildman–Crippen LogP) is 1.46. The summed E-state index contributed by atoms with van der Waals surface area (Å²) < 4.78 is 39.3. The molecular weight excluding hydrogens is 413 g/mol. The summed E-state index contributed by atoms with van der Waals surface area (Å²) in [4.78, 5) is 37.0. The number of halogens is 4. The van der Waals surface area contributed by atoms with Gasteiger partial charge < -0.3 is 10.4 Å². The molecule has 2 amide bonds. The third kappa shape index (κ3) is 3.06. The average molecular weight is 425 g/mol. The lowest BCUT2D eigenvalue weighted by Crippen LogP contribution is -2.70. The maximum Gasteiger partial charge on any atom is 0.434 e. The number of aromatic nitrogens is 2. The zero-order valence-electron chi connectivity index (χ0n) is 13.8. The topological polar surface area (TPSA) is 105 Å². The Morgan fingerprint density at radius 3 is 2.56 bits per heavy atom. The van der Waals surface area contributed by atoms with E-state index in [4.69, 9.17) is 11.6 Å². The van der Waals surface area contributed by atoms with E-state index >= 15 is 0 Å². The number of carboxylic acids is 1. The van der Waals surface area contributed by atoms with Gasteiger partial charge in [0.15, 0.2) is 11.4 Å². The van der Waals surface area contributed by atoms with Crippen molar-refractivity contribution in [2.75, 3.05) is 5.75 Å². The molecule has 0 unspecified atom stereocenters. The van der Waals surface area contributed by atoms with Crippen molar-refractivity contribution in [3.63, 3.8) is 0 Å². The molecule has 2 aliphatic rings. The number of carbonyl (C=O) groups excluding carboxylic acids is 2. The number of aliphatic carboxylic acids is 1. The molecule has 3 heterocycles. The fourth-order valence-electron chi connectivity index (χ4n) is 2.94. The van der Waals surface area contributed by atoms with E-state index in [2.05, 4.69) is 10.4 Å². The number of alkyl halides is 3. The number of nitrogens with one attached hydrogen (secondary N) is 1. The molecule has 3 rings (SSSR count). The minimum atomic E-state index is -4.81. The molecule has 1 aromatic heterocycles. The quantitative estimate of drug-likeness (QED) is 0.712. The van der Waals surface area contributed by atoms with Crippen molar-refractivity contribution in [1.29, 1.82) is 0 Å². The highest BCUT2D eigenvalue weighted by molar-refractivity contribution is 8.00. The minimum Gasteiger partial charge on any atom is -0.477 e. The standard InChI is InChI=1S/C14H12ClF3N4O4S/c1-4-3-27-12-7(11(24)22(12)8(4)13(25)26)19-10(23)6-5(15)9(14(16,17)18)21(2)20-6/h7,12H,3H2,1-2H3,(H,19,23)(H,25,26)/t7-,12-/m1/s1. The van der Waals surface area contributed by atoms with Gasteiger partial charge in [0.05, 0.1) is 0 Å². The molecule has 0 aliphatic carbocycles.